The number of nitrogens with one attached hydrogen (secondary N) is 1. The maximum atomic E-state index is 14.1. The van der Waals surface area contributed by atoms with Crippen LogP contribution in [0.4, 0.5) is 5.82 Å². The predicted octanol–water partition coefficient (Wildman–Crippen LogP) is 2.83. The summed E-state index contributed by atoms with van der Waals surface area (Å²) in [6.07, 6.45) is 2.25. The Labute approximate surface area is 216 Å². The van der Waals surface area contributed by atoms with E-state index in [0.717, 1.165) is 67.6 Å². The second-order valence-electron chi connectivity index (χ2n) is 10.1. The van der Waals surface area contributed by atoms with Crippen LogP contribution >= 0.6 is 0 Å². The topological polar surface area (TPSA) is 88.4 Å². The molecule has 0 unspecified atom stereocenters. The Bertz CT molecular complexity index is 1520. The molecule has 1 N–H and O–H groups in total. The van der Waals surface area contributed by atoms with Crippen molar-refractivity contribution in [2.45, 2.75) is 32.7 Å². The number of aromatic nitrogens is 4. The van der Waals surface area contributed by atoms with Crippen LogP contribution in [0.15, 0.2) is 41.2 Å². The number of hydrogen-bond acceptors (Lipinski definition) is 8. The van der Waals surface area contributed by atoms with Crippen molar-refractivity contribution in [1.82, 2.24) is 29.7 Å². The molecule has 9 nitrogen and oxygen atoms in total. The number of rotatable bonds is 5. The maximum absolute atomic E-state index is 14.1. The summed E-state index contributed by atoms with van der Waals surface area (Å²) in [4.78, 5) is 33.0. The number of piperazine rings is 1. The van der Waals surface area contributed by atoms with E-state index < -0.39 is 0 Å². The van der Waals surface area contributed by atoms with Gasteiger partial charge in [0.05, 0.1) is 5.69 Å². The van der Waals surface area contributed by atoms with Crippen molar-refractivity contribution in [3.05, 3.63) is 58.1 Å². The molecule has 0 saturated carbocycles. The number of anilines is 1. The number of likely N-dealkylation sites (tertiary alicyclic amines) is 1. The number of benzene rings is 2. The molecule has 2 aliphatic heterocycles. The first-order valence-electron chi connectivity index (χ1n) is 13.1. The van der Waals surface area contributed by atoms with Crippen molar-refractivity contribution < 1.29 is 4.74 Å². The zero-order valence-electron chi connectivity index (χ0n) is 21.7. The molecule has 9 heteroatoms. The second kappa shape index (κ2) is 9.72. The maximum Gasteiger partial charge on any atom is 0.319 e. The zero-order chi connectivity index (χ0) is 25.5. The molecule has 0 amide bonds. The fourth-order valence-electron chi connectivity index (χ4n) is 5.64. The van der Waals surface area contributed by atoms with Crippen LogP contribution in [0.3, 0.4) is 0 Å². The van der Waals surface area contributed by atoms with E-state index in [1.807, 2.05) is 25.1 Å². The Balaban J connectivity index is 1.53. The highest BCUT2D eigenvalue weighted by atomic mass is 16.5. The molecule has 2 aromatic heterocycles. The Morgan fingerprint density at radius 3 is 2.54 bits per heavy atom. The van der Waals surface area contributed by atoms with Gasteiger partial charge in [0.15, 0.2) is 11.3 Å². The fraction of sp³-hybridized carbons (Fsp3) is 0.429. The molecule has 2 aliphatic rings. The average molecular weight is 500 g/mol. The summed E-state index contributed by atoms with van der Waals surface area (Å²) in [5.74, 6) is 1.28. The molecule has 0 bridgehead atoms. The molecule has 2 saturated heterocycles. The minimum absolute atomic E-state index is 0.208. The lowest BCUT2D eigenvalue weighted by Gasteiger charge is -2.29. The Hall–Kier alpha value is -3.56. The Morgan fingerprint density at radius 2 is 1.78 bits per heavy atom. The SMILES string of the molecule is Cc1cccc2cccc(-n3c(C)nc4c(N5CCNCC5)nc(OC[C@@H]5CCCN5C)nc4c3=O)c12. The van der Waals surface area contributed by atoms with E-state index in [0.29, 0.717) is 29.8 Å². The van der Waals surface area contributed by atoms with E-state index in [1.54, 1.807) is 4.57 Å². The van der Waals surface area contributed by atoms with Crippen LogP contribution in [-0.4, -0.2) is 76.8 Å². The monoisotopic (exact) mass is 499 g/mol. The summed E-state index contributed by atoms with van der Waals surface area (Å²) in [6, 6.07) is 12.8. The van der Waals surface area contributed by atoms with Gasteiger partial charge in [-0.3, -0.25) is 9.36 Å². The summed E-state index contributed by atoms with van der Waals surface area (Å²) in [7, 11) is 2.12. The van der Waals surface area contributed by atoms with Crippen LogP contribution in [0.1, 0.15) is 24.2 Å². The summed E-state index contributed by atoms with van der Waals surface area (Å²) < 4.78 is 7.82. The third-order valence-electron chi connectivity index (χ3n) is 7.67. The first-order valence-corrected chi connectivity index (χ1v) is 13.1. The molecular weight excluding hydrogens is 466 g/mol. The fourth-order valence-corrected chi connectivity index (χ4v) is 5.64. The third kappa shape index (κ3) is 4.32. The van der Waals surface area contributed by atoms with E-state index in [9.17, 15) is 4.79 Å². The van der Waals surface area contributed by atoms with Gasteiger partial charge in [-0.1, -0.05) is 30.3 Å². The van der Waals surface area contributed by atoms with Crippen LogP contribution in [0.25, 0.3) is 27.5 Å². The van der Waals surface area contributed by atoms with Crippen LogP contribution in [-0.2, 0) is 0 Å². The molecule has 0 radical (unpaired) electrons. The van der Waals surface area contributed by atoms with Crippen LogP contribution in [0.2, 0.25) is 0 Å². The highest BCUT2D eigenvalue weighted by Gasteiger charge is 2.25. The van der Waals surface area contributed by atoms with Gasteiger partial charge in [-0.05, 0) is 57.3 Å². The normalized spacial score (nSPS) is 18.7. The molecule has 192 valence electrons. The van der Waals surface area contributed by atoms with Gasteiger partial charge in [-0.2, -0.15) is 9.97 Å². The van der Waals surface area contributed by atoms with E-state index >= 15 is 0 Å². The average Bonchev–Trinajstić information content (AvgIpc) is 3.32. The smallest absolute Gasteiger partial charge is 0.319 e. The molecule has 1 atom stereocenters. The van der Waals surface area contributed by atoms with Gasteiger partial charge in [0, 0.05) is 37.6 Å². The van der Waals surface area contributed by atoms with Gasteiger partial charge >= 0.3 is 6.01 Å². The van der Waals surface area contributed by atoms with Gasteiger partial charge in [-0.25, -0.2) is 4.98 Å². The molecule has 0 aliphatic carbocycles. The standard InChI is InChI=1S/C28H33N7O2/c1-18-7-4-8-20-9-5-11-22(23(18)20)35-19(2)30-24-25(27(35)36)31-28(37-17-21-10-6-14-33(21)3)32-26(24)34-15-12-29-13-16-34/h4-5,7-9,11,21,29H,6,10,12-17H2,1-3H3/t21-/m0/s1. The molecule has 2 aromatic carbocycles. The van der Waals surface area contributed by atoms with Crippen LogP contribution in [0, 0.1) is 13.8 Å². The van der Waals surface area contributed by atoms with E-state index in [2.05, 4.69) is 52.3 Å². The minimum Gasteiger partial charge on any atom is -0.462 e. The van der Waals surface area contributed by atoms with Crippen molar-refractivity contribution in [3.8, 4) is 11.7 Å². The zero-order valence-corrected chi connectivity index (χ0v) is 21.7. The highest BCUT2D eigenvalue weighted by Crippen LogP contribution is 2.28. The number of hydrogen-bond donors (Lipinski definition) is 1. The number of likely N-dealkylation sites (N-methyl/N-ethyl adjacent to an activating group) is 1. The summed E-state index contributed by atoms with van der Waals surface area (Å²) >= 11 is 0. The number of fused-ring (bicyclic) bond motifs is 2. The van der Waals surface area contributed by atoms with Crippen molar-refractivity contribution >= 4 is 27.6 Å². The van der Waals surface area contributed by atoms with Gasteiger partial charge in [0.1, 0.15) is 17.9 Å². The molecule has 4 heterocycles. The van der Waals surface area contributed by atoms with Gasteiger partial charge in [0.2, 0.25) is 0 Å². The predicted molar refractivity (Wildman–Crippen MR) is 146 cm³/mol. The lowest BCUT2D eigenvalue weighted by atomic mass is 10.0. The molecular formula is C28H33N7O2. The van der Waals surface area contributed by atoms with E-state index in [4.69, 9.17) is 14.7 Å². The first-order chi connectivity index (χ1) is 18.0. The highest BCUT2D eigenvalue weighted by molar-refractivity contribution is 5.93. The Morgan fingerprint density at radius 1 is 1.00 bits per heavy atom. The van der Waals surface area contributed by atoms with Gasteiger partial charge < -0.3 is 19.9 Å². The summed E-state index contributed by atoms with van der Waals surface area (Å²) in [6.45, 7) is 8.76. The lowest BCUT2D eigenvalue weighted by Crippen LogP contribution is -2.44. The number of aryl methyl sites for hydroxylation is 2. The molecule has 6 rings (SSSR count). The van der Waals surface area contributed by atoms with Crippen molar-refractivity contribution in [3.63, 3.8) is 0 Å². The molecule has 4 aromatic rings. The van der Waals surface area contributed by atoms with Crippen molar-refractivity contribution in [2.24, 2.45) is 0 Å². The second-order valence-corrected chi connectivity index (χ2v) is 10.1. The number of nitrogens with zero attached hydrogens (tertiary/aromatic N) is 6. The first kappa shape index (κ1) is 23.8. The number of ether oxygens (including phenoxy) is 1. The summed E-state index contributed by atoms with van der Waals surface area (Å²) in [5.41, 5.74) is 2.52. The van der Waals surface area contributed by atoms with Gasteiger partial charge in [-0.15, -0.1) is 0 Å². The molecule has 37 heavy (non-hydrogen) atoms. The van der Waals surface area contributed by atoms with Crippen molar-refractivity contribution in [2.75, 3.05) is 51.3 Å². The van der Waals surface area contributed by atoms with Gasteiger partial charge in [0.25, 0.3) is 5.56 Å². The largest absolute Gasteiger partial charge is 0.462 e. The lowest BCUT2D eigenvalue weighted by molar-refractivity contribution is 0.188. The summed E-state index contributed by atoms with van der Waals surface area (Å²) in [5, 5.41) is 5.50. The molecule has 2 fully saturated rings. The van der Waals surface area contributed by atoms with E-state index in [1.165, 1.54) is 0 Å². The quantitative estimate of drug-likeness (QED) is 0.449. The molecule has 0 spiro atoms. The minimum atomic E-state index is -0.208. The van der Waals surface area contributed by atoms with Crippen LogP contribution < -0.4 is 20.5 Å². The third-order valence-corrected chi connectivity index (χ3v) is 7.67. The Kier molecular flexibility index (Phi) is 6.26. The van der Waals surface area contributed by atoms with Crippen molar-refractivity contribution in [1.29, 1.82) is 0 Å². The van der Waals surface area contributed by atoms with Crippen LogP contribution in [0.5, 0.6) is 6.01 Å². The van der Waals surface area contributed by atoms with E-state index in [-0.39, 0.29) is 17.1 Å².